The number of hydrogen-bond acceptors (Lipinski definition) is 8. The van der Waals surface area contributed by atoms with Gasteiger partial charge in [0.05, 0.1) is 5.37 Å². The van der Waals surface area contributed by atoms with E-state index in [1.54, 1.807) is 0 Å². The van der Waals surface area contributed by atoms with Crippen LogP contribution in [-0.2, 0) is 41.2 Å². The van der Waals surface area contributed by atoms with Gasteiger partial charge in [-0.15, -0.1) is 0 Å². The van der Waals surface area contributed by atoms with Gasteiger partial charge in [-0.1, -0.05) is 0 Å². The highest BCUT2D eigenvalue weighted by molar-refractivity contribution is 7.91. The van der Waals surface area contributed by atoms with Gasteiger partial charge in [0.15, 0.2) is 9.85 Å². The fourth-order valence-corrected chi connectivity index (χ4v) is 3.33. The maximum Gasteiger partial charge on any atom is 0.234 e. The highest BCUT2D eigenvalue weighted by atomic mass is 32.2. The minimum absolute atomic E-state index is 0.00790. The minimum atomic E-state index is -3.34. The molecule has 13 heteroatoms. The molecule has 2 N–H and O–H groups in total. The largest absolute Gasteiger partial charge is 0.288 e. The second-order valence-electron chi connectivity index (χ2n) is 2.14. The lowest BCUT2D eigenvalue weighted by Crippen LogP contribution is -2.34. The summed E-state index contributed by atoms with van der Waals surface area (Å²) in [6.45, 7) is 0. The minimum Gasteiger partial charge on any atom is -0.288 e. The van der Waals surface area contributed by atoms with Crippen molar-refractivity contribution in [2.45, 2.75) is 0 Å². The molecule has 96 valence electrons. The zero-order valence-corrected chi connectivity index (χ0v) is 10.8. The number of rotatable bonds is 3. The summed E-state index contributed by atoms with van der Waals surface area (Å²) in [5.41, 5.74) is 4.83. The smallest absolute Gasteiger partial charge is 0.234 e. The Kier molecular flexibility index (Phi) is 5.97. The van der Waals surface area contributed by atoms with E-state index >= 15 is 0 Å². The van der Waals surface area contributed by atoms with Crippen molar-refractivity contribution in [2.75, 3.05) is 0 Å². The van der Waals surface area contributed by atoms with E-state index in [1.807, 2.05) is 0 Å². The summed E-state index contributed by atoms with van der Waals surface area (Å²) < 4.78 is 83.9. The summed E-state index contributed by atoms with van der Waals surface area (Å²) >= 11 is 0. The third kappa shape index (κ3) is 4.61. The van der Waals surface area contributed by atoms with Crippen LogP contribution in [0.3, 0.4) is 0 Å². The molecule has 0 atom stereocenters. The molecule has 0 aliphatic heterocycles. The van der Waals surface area contributed by atoms with Crippen molar-refractivity contribution in [1.29, 1.82) is 0 Å². The van der Waals surface area contributed by atoms with Crippen molar-refractivity contribution in [3.8, 4) is 0 Å². The second-order valence-corrected chi connectivity index (χ2v) is 5.59. The molecule has 0 fully saturated rings. The molecule has 0 saturated heterocycles. The predicted molar refractivity (Wildman–Crippen MR) is 61.0 cm³/mol. The first kappa shape index (κ1) is 15.7. The molecular weight excluding hydrogens is 318 g/mol. The van der Waals surface area contributed by atoms with Gasteiger partial charge in [0.2, 0.25) is 41.2 Å². The van der Waals surface area contributed by atoms with E-state index in [4.69, 9.17) is 5.73 Å². The Balaban J connectivity index is 6.89. The first-order valence-corrected chi connectivity index (χ1v) is 7.62. The molecule has 0 amide bonds. The third-order valence-corrected chi connectivity index (χ3v) is 4.03. The molecule has 0 aromatic carbocycles. The van der Waals surface area contributed by atoms with Crippen LogP contribution < -0.4 is 5.73 Å². The summed E-state index contributed by atoms with van der Waals surface area (Å²) in [4.78, 5) is -3.91. The molecule has 0 spiro atoms. The molecule has 0 aliphatic carbocycles. The normalized spacial score (nSPS) is 9.00. The van der Waals surface area contributed by atoms with E-state index in [0.29, 0.717) is 0 Å². The predicted octanol–water partition coefficient (Wildman–Crippen LogP) is -4.26. The molecule has 0 aromatic rings. The van der Waals surface area contributed by atoms with E-state index < -0.39 is 55.9 Å². The van der Waals surface area contributed by atoms with Gasteiger partial charge in [-0.3, -0.25) is 5.73 Å². The molecule has 17 heavy (non-hydrogen) atoms. The van der Waals surface area contributed by atoms with Gasteiger partial charge < -0.3 is 0 Å². The average molecular weight is 321 g/mol. The zero-order valence-electron chi connectivity index (χ0n) is 7.55. The van der Waals surface area contributed by atoms with Crippen molar-refractivity contribution < 1.29 is 33.7 Å². The standard InChI is InChI=1S/C4H3NO8S4/c5-4(17(12)13)3(16(10)11)2(15(8)9)1-14(6)7/h1H,5H2. The van der Waals surface area contributed by atoms with E-state index in [0.717, 1.165) is 0 Å². The summed E-state index contributed by atoms with van der Waals surface area (Å²) in [6, 6.07) is 0. The summed E-state index contributed by atoms with van der Waals surface area (Å²) in [5, 5.41) is 0.00790. The van der Waals surface area contributed by atoms with Gasteiger partial charge in [0.1, 0.15) is 4.86 Å². The molecule has 9 nitrogen and oxygen atoms in total. The molecule has 0 bridgehead atoms. The van der Waals surface area contributed by atoms with Crippen molar-refractivity contribution in [2.24, 2.45) is 5.73 Å². The Hall–Kier alpha value is -1.28. The number of hydrogen-bond donors (Lipinski definition) is 1. The SMILES string of the molecule is NC(C(C(C=S(=O)=O)=S(=O)=O)=S(=O)=O)=S(=O)=O. The molecule has 0 rings (SSSR count). The monoisotopic (exact) mass is 321 g/mol. The maximum atomic E-state index is 10.6. The maximum absolute atomic E-state index is 10.6. The fourth-order valence-electron chi connectivity index (χ4n) is 0.617. The van der Waals surface area contributed by atoms with Crippen LogP contribution in [0.4, 0.5) is 0 Å². The third-order valence-electron chi connectivity index (χ3n) is 1.18. The van der Waals surface area contributed by atoms with Crippen molar-refractivity contribution >= 4 is 61.3 Å². The molecule has 0 aromatic heterocycles. The van der Waals surface area contributed by atoms with Gasteiger partial charge in [-0.25, -0.2) is 0 Å². The van der Waals surface area contributed by atoms with E-state index in [2.05, 4.69) is 0 Å². The Morgan fingerprint density at radius 1 is 0.765 bits per heavy atom. The second kappa shape index (κ2) is 6.45. The fraction of sp³-hybridized carbons (Fsp3) is 0. The van der Waals surface area contributed by atoms with Crippen LogP contribution in [0, 0.1) is 0 Å². The van der Waals surface area contributed by atoms with Gasteiger partial charge >= 0.3 is 0 Å². The average Bonchev–Trinajstić information content (AvgIpc) is 2.14. The molecular formula is C4H3NO8S4. The molecule has 0 heterocycles. The van der Waals surface area contributed by atoms with Gasteiger partial charge in [0.25, 0.3) is 0 Å². The van der Waals surface area contributed by atoms with Crippen molar-refractivity contribution in [3.05, 3.63) is 0 Å². The van der Waals surface area contributed by atoms with E-state index in [1.165, 1.54) is 0 Å². The van der Waals surface area contributed by atoms with E-state index in [9.17, 15) is 33.7 Å². The lowest BCUT2D eigenvalue weighted by molar-refractivity contribution is 0.624. The van der Waals surface area contributed by atoms with Crippen molar-refractivity contribution in [1.82, 2.24) is 0 Å². The molecule has 0 saturated carbocycles. The highest BCUT2D eigenvalue weighted by Gasteiger charge is 2.17. The zero-order chi connectivity index (χ0) is 13.7. The lowest BCUT2D eigenvalue weighted by Gasteiger charge is -1.92. The van der Waals surface area contributed by atoms with Crippen LogP contribution >= 0.6 is 0 Å². The first-order valence-electron chi connectivity index (χ1n) is 3.26. The Bertz CT molecular complexity index is 845. The topological polar surface area (TPSA) is 163 Å². The summed E-state index contributed by atoms with van der Waals surface area (Å²) in [7, 11) is -12.9. The Morgan fingerprint density at radius 3 is 1.47 bits per heavy atom. The van der Waals surface area contributed by atoms with E-state index in [-0.39, 0.29) is 5.37 Å². The summed E-state index contributed by atoms with van der Waals surface area (Å²) in [5.74, 6) is 0. The summed E-state index contributed by atoms with van der Waals surface area (Å²) in [6.07, 6.45) is 0. The van der Waals surface area contributed by atoms with Crippen LogP contribution in [0.1, 0.15) is 0 Å². The van der Waals surface area contributed by atoms with Crippen LogP contribution in [0.5, 0.6) is 0 Å². The van der Waals surface area contributed by atoms with Gasteiger partial charge in [-0.05, 0) is 0 Å². The van der Waals surface area contributed by atoms with Crippen LogP contribution in [0.2, 0.25) is 0 Å². The number of nitrogens with two attached hydrogens (primary N) is 1. The van der Waals surface area contributed by atoms with Gasteiger partial charge in [0, 0.05) is 0 Å². The molecule has 0 unspecified atom stereocenters. The molecule has 0 radical (unpaired) electrons. The van der Waals surface area contributed by atoms with Crippen LogP contribution in [0.15, 0.2) is 0 Å². The highest BCUT2D eigenvalue weighted by Crippen LogP contribution is 1.79. The quantitative estimate of drug-likeness (QED) is 0.507. The first-order chi connectivity index (χ1) is 7.68. The van der Waals surface area contributed by atoms with Crippen molar-refractivity contribution in [3.63, 3.8) is 0 Å². The lowest BCUT2D eigenvalue weighted by atomic mass is 10.3. The molecule has 0 aliphatic rings. The van der Waals surface area contributed by atoms with Crippen LogP contribution in [-0.4, -0.2) is 53.8 Å². The van der Waals surface area contributed by atoms with Gasteiger partial charge in [-0.2, -0.15) is 33.7 Å². The Morgan fingerprint density at radius 2 is 1.24 bits per heavy atom. The Labute approximate surface area is 101 Å². The van der Waals surface area contributed by atoms with Crippen LogP contribution in [0.25, 0.3) is 0 Å².